The van der Waals surface area contributed by atoms with Crippen molar-refractivity contribution >= 4 is 11.3 Å². The molecule has 1 atom stereocenters. The molecule has 1 aliphatic heterocycles. The van der Waals surface area contributed by atoms with E-state index in [2.05, 4.69) is 22.2 Å². The van der Waals surface area contributed by atoms with Gasteiger partial charge in [-0.25, -0.2) is 4.98 Å². The number of hydrogen-bond acceptors (Lipinski definition) is 4. The minimum Gasteiger partial charge on any atom is -0.379 e. The molecule has 72 valence electrons. The van der Waals surface area contributed by atoms with Crippen LogP contribution < -0.4 is 0 Å². The van der Waals surface area contributed by atoms with E-state index in [1.54, 1.807) is 11.3 Å². The largest absolute Gasteiger partial charge is 0.379 e. The number of ether oxygens (including phenoxy) is 1. The molecule has 0 spiro atoms. The van der Waals surface area contributed by atoms with Crippen molar-refractivity contribution in [2.45, 2.75) is 13.0 Å². The topological polar surface area (TPSA) is 25.4 Å². The number of aromatic nitrogens is 1. The van der Waals surface area contributed by atoms with Crippen LogP contribution in [-0.4, -0.2) is 36.2 Å². The molecule has 0 N–H and O–H groups in total. The monoisotopic (exact) mass is 198 g/mol. The summed E-state index contributed by atoms with van der Waals surface area (Å²) < 4.78 is 5.31. The summed E-state index contributed by atoms with van der Waals surface area (Å²) in [5.41, 5.74) is 3.08. The van der Waals surface area contributed by atoms with Crippen molar-refractivity contribution in [3.05, 3.63) is 16.6 Å². The number of rotatable bonds is 2. The number of hydrogen-bond donors (Lipinski definition) is 0. The van der Waals surface area contributed by atoms with Crippen molar-refractivity contribution in [1.29, 1.82) is 0 Å². The molecule has 1 unspecified atom stereocenters. The molecule has 1 fully saturated rings. The highest BCUT2D eigenvalue weighted by molar-refractivity contribution is 7.07. The molecule has 0 saturated carbocycles. The average molecular weight is 198 g/mol. The Morgan fingerprint density at radius 3 is 2.92 bits per heavy atom. The number of thiazole rings is 1. The summed E-state index contributed by atoms with van der Waals surface area (Å²) in [7, 11) is 0. The molecule has 0 bridgehead atoms. The first-order valence-electron chi connectivity index (χ1n) is 4.58. The molecule has 1 aromatic rings. The van der Waals surface area contributed by atoms with Crippen LogP contribution in [0.25, 0.3) is 0 Å². The zero-order valence-electron chi connectivity index (χ0n) is 7.77. The van der Waals surface area contributed by atoms with Gasteiger partial charge in [0.05, 0.1) is 30.5 Å². The highest BCUT2D eigenvalue weighted by Gasteiger charge is 2.19. The van der Waals surface area contributed by atoms with Crippen molar-refractivity contribution in [2.75, 3.05) is 26.3 Å². The number of nitrogens with zero attached hydrogens (tertiary/aromatic N) is 2. The third kappa shape index (κ3) is 2.07. The Hall–Kier alpha value is -0.450. The predicted molar refractivity (Wildman–Crippen MR) is 52.9 cm³/mol. The maximum absolute atomic E-state index is 5.31. The van der Waals surface area contributed by atoms with Gasteiger partial charge >= 0.3 is 0 Å². The van der Waals surface area contributed by atoms with Gasteiger partial charge in [-0.1, -0.05) is 0 Å². The van der Waals surface area contributed by atoms with Crippen LogP contribution in [0.5, 0.6) is 0 Å². The zero-order chi connectivity index (χ0) is 9.10. The van der Waals surface area contributed by atoms with E-state index < -0.39 is 0 Å². The fourth-order valence-electron chi connectivity index (χ4n) is 1.58. The van der Waals surface area contributed by atoms with Gasteiger partial charge in [0, 0.05) is 18.5 Å². The van der Waals surface area contributed by atoms with Crippen LogP contribution in [0.2, 0.25) is 0 Å². The van der Waals surface area contributed by atoms with Gasteiger partial charge in [0.2, 0.25) is 0 Å². The van der Waals surface area contributed by atoms with Crippen molar-refractivity contribution in [2.24, 2.45) is 0 Å². The Morgan fingerprint density at radius 1 is 1.54 bits per heavy atom. The Morgan fingerprint density at radius 2 is 2.31 bits per heavy atom. The summed E-state index contributed by atoms with van der Waals surface area (Å²) in [4.78, 5) is 6.74. The van der Waals surface area contributed by atoms with Crippen LogP contribution in [-0.2, 0) is 4.74 Å². The normalized spacial score (nSPS) is 21.6. The molecule has 0 aromatic carbocycles. The summed E-state index contributed by atoms with van der Waals surface area (Å²) in [5, 5.41) is 2.13. The molecule has 2 rings (SSSR count). The van der Waals surface area contributed by atoms with Crippen molar-refractivity contribution in [3.63, 3.8) is 0 Å². The van der Waals surface area contributed by atoms with Crippen molar-refractivity contribution in [1.82, 2.24) is 9.88 Å². The summed E-state index contributed by atoms with van der Waals surface area (Å²) in [6, 6.07) is 0.440. The maximum atomic E-state index is 5.31. The van der Waals surface area contributed by atoms with Crippen molar-refractivity contribution < 1.29 is 4.74 Å². The number of morpholine rings is 1. The molecule has 0 aliphatic carbocycles. The van der Waals surface area contributed by atoms with E-state index in [1.165, 1.54) is 5.69 Å². The Labute approximate surface area is 82.3 Å². The maximum Gasteiger partial charge on any atom is 0.0795 e. The van der Waals surface area contributed by atoms with Crippen LogP contribution >= 0.6 is 11.3 Å². The Bertz CT molecular complexity index is 244. The molecule has 0 radical (unpaired) electrons. The van der Waals surface area contributed by atoms with Crippen LogP contribution in [0, 0.1) is 0 Å². The van der Waals surface area contributed by atoms with E-state index in [9.17, 15) is 0 Å². The van der Waals surface area contributed by atoms with Gasteiger partial charge < -0.3 is 4.74 Å². The molecule has 0 amide bonds. The molecular formula is C9H14N2OS. The fraction of sp³-hybridized carbons (Fsp3) is 0.667. The fourth-order valence-corrected chi connectivity index (χ4v) is 2.22. The van der Waals surface area contributed by atoms with Gasteiger partial charge in [-0.05, 0) is 6.92 Å². The summed E-state index contributed by atoms with van der Waals surface area (Å²) in [6.07, 6.45) is 0. The molecular weight excluding hydrogens is 184 g/mol. The highest BCUT2D eigenvalue weighted by atomic mass is 32.1. The van der Waals surface area contributed by atoms with Crippen LogP contribution in [0.3, 0.4) is 0 Å². The smallest absolute Gasteiger partial charge is 0.0795 e. The second-order valence-corrected chi connectivity index (χ2v) is 3.96. The SMILES string of the molecule is CC(c1cscn1)N1CCOCC1. The second-order valence-electron chi connectivity index (χ2n) is 3.24. The lowest BCUT2D eigenvalue weighted by Crippen LogP contribution is -2.38. The lowest BCUT2D eigenvalue weighted by molar-refractivity contribution is 0.0192. The Kier molecular flexibility index (Phi) is 2.93. The van der Waals surface area contributed by atoms with Crippen LogP contribution in [0.15, 0.2) is 10.9 Å². The minimum absolute atomic E-state index is 0.440. The molecule has 1 saturated heterocycles. The van der Waals surface area contributed by atoms with Crippen molar-refractivity contribution in [3.8, 4) is 0 Å². The van der Waals surface area contributed by atoms with Gasteiger partial charge in [0.15, 0.2) is 0 Å². The van der Waals surface area contributed by atoms with E-state index in [0.29, 0.717) is 6.04 Å². The quantitative estimate of drug-likeness (QED) is 0.720. The zero-order valence-corrected chi connectivity index (χ0v) is 8.59. The summed E-state index contributed by atoms with van der Waals surface area (Å²) >= 11 is 1.66. The molecule has 3 nitrogen and oxygen atoms in total. The van der Waals surface area contributed by atoms with E-state index >= 15 is 0 Å². The first-order chi connectivity index (χ1) is 6.38. The van der Waals surface area contributed by atoms with Gasteiger partial charge in [0.1, 0.15) is 0 Å². The second kappa shape index (κ2) is 4.17. The summed E-state index contributed by atoms with van der Waals surface area (Å²) in [5.74, 6) is 0. The standard InChI is InChI=1S/C9H14N2OS/c1-8(9-6-13-7-10-9)11-2-4-12-5-3-11/h6-8H,2-5H2,1H3. The predicted octanol–water partition coefficient (Wildman–Crippen LogP) is 1.54. The van der Waals surface area contributed by atoms with E-state index in [-0.39, 0.29) is 0 Å². The van der Waals surface area contributed by atoms with Crippen LogP contribution in [0.4, 0.5) is 0 Å². The van der Waals surface area contributed by atoms with E-state index in [1.807, 2.05) is 5.51 Å². The molecule has 13 heavy (non-hydrogen) atoms. The van der Waals surface area contributed by atoms with Gasteiger partial charge in [-0.2, -0.15) is 0 Å². The molecule has 1 aromatic heterocycles. The Balaban J connectivity index is 1.99. The lowest BCUT2D eigenvalue weighted by Gasteiger charge is -2.31. The first kappa shape index (κ1) is 9.12. The lowest BCUT2D eigenvalue weighted by atomic mass is 10.2. The van der Waals surface area contributed by atoms with Gasteiger partial charge in [-0.3, -0.25) is 4.90 Å². The average Bonchev–Trinajstić information content (AvgIpc) is 2.71. The minimum atomic E-state index is 0.440. The molecule has 2 heterocycles. The van der Waals surface area contributed by atoms with Gasteiger partial charge in [0.25, 0.3) is 0 Å². The third-order valence-electron chi connectivity index (χ3n) is 2.47. The highest BCUT2D eigenvalue weighted by Crippen LogP contribution is 2.20. The van der Waals surface area contributed by atoms with E-state index in [0.717, 1.165) is 26.3 Å². The van der Waals surface area contributed by atoms with Gasteiger partial charge in [-0.15, -0.1) is 11.3 Å². The molecule has 1 aliphatic rings. The third-order valence-corrected chi connectivity index (χ3v) is 3.08. The first-order valence-corrected chi connectivity index (χ1v) is 5.52. The summed E-state index contributed by atoms with van der Waals surface area (Å²) in [6.45, 7) is 5.97. The van der Waals surface area contributed by atoms with Crippen LogP contribution in [0.1, 0.15) is 18.7 Å². The van der Waals surface area contributed by atoms with E-state index in [4.69, 9.17) is 4.74 Å². The molecule has 4 heteroatoms.